The summed E-state index contributed by atoms with van der Waals surface area (Å²) >= 11 is 1.62. The second-order valence-corrected chi connectivity index (χ2v) is 9.00. The number of carbonyl (C=O) groups excluding carboxylic acids is 1. The standard InChI is InChI=1S/C22H21FN4O2S/c1-14-10-18-21(30-14)17-11-24-27(13-19(28)25-8-2-3-9-25)22(29)20(17)26(18)12-15-4-6-16(23)7-5-15/h4-7,10-11H,2-3,8-9,12-13H2,1H3. The molecule has 0 aliphatic carbocycles. The molecular formula is C22H21FN4O2S. The van der Waals surface area contributed by atoms with Crippen LogP contribution < -0.4 is 5.56 Å². The summed E-state index contributed by atoms with van der Waals surface area (Å²) in [6, 6.07) is 8.35. The van der Waals surface area contributed by atoms with Crippen LogP contribution >= 0.6 is 11.3 Å². The van der Waals surface area contributed by atoms with E-state index in [1.165, 1.54) is 16.8 Å². The number of halogens is 1. The molecule has 6 nitrogen and oxygen atoms in total. The third kappa shape index (κ3) is 3.21. The van der Waals surface area contributed by atoms with Crippen molar-refractivity contribution in [1.29, 1.82) is 0 Å². The van der Waals surface area contributed by atoms with Gasteiger partial charge < -0.3 is 9.47 Å². The number of carbonyl (C=O) groups is 1. The number of rotatable bonds is 4. The van der Waals surface area contributed by atoms with Gasteiger partial charge in [-0.05, 0) is 43.5 Å². The molecule has 1 amide bonds. The van der Waals surface area contributed by atoms with Gasteiger partial charge in [-0.3, -0.25) is 9.59 Å². The van der Waals surface area contributed by atoms with Crippen LogP contribution in [0.4, 0.5) is 4.39 Å². The average Bonchev–Trinajstić information content (AvgIpc) is 3.44. The molecule has 8 heteroatoms. The van der Waals surface area contributed by atoms with Crippen LogP contribution in [0.15, 0.2) is 41.3 Å². The molecule has 1 fully saturated rings. The number of thiophene rings is 1. The number of hydrogen-bond acceptors (Lipinski definition) is 4. The van der Waals surface area contributed by atoms with Crippen LogP contribution in [0.1, 0.15) is 23.3 Å². The number of aryl methyl sites for hydroxylation is 1. The summed E-state index contributed by atoms with van der Waals surface area (Å²) in [5, 5.41) is 5.10. The first-order chi connectivity index (χ1) is 14.5. The molecule has 0 saturated carbocycles. The van der Waals surface area contributed by atoms with E-state index in [2.05, 4.69) is 11.2 Å². The van der Waals surface area contributed by atoms with Crippen molar-refractivity contribution in [2.75, 3.05) is 13.1 Å². The van der Waals surface area contributed by atoms with Crippen LogP contribution in [0.5, 0.6) is 0 Å². The van der Waals surface area contributed by atoms with Gasteiger partial charge in [0.15, 0.2) is 0 Å². The summed E-state index contributed by atoms with van der Waals surface area (Å²) in [5.74, 6) is -0.365. The molecule has 0 bridgehead atoms. The molecule has 0 unspecified atom stereocenters. The monoisotopic (exact) mass is 424 g/mol. The minimum absolute atomic E-state index is 0.0524. The molecule has 3 aromatic heterocycles. The van der Waals surface area contributed by atoms with Crippen LogP contribution in [-0.2, 0) is 17.9 Å². The fraction of sp³-hybridized carbons (Fsp3) is 0.318. The van der Waals surface area contributed by atoms with Crippen molar-refractivity contribution >= 4 is 38.4 Å². The highest BCUT2D eigenvalue weighted by atomic mass is 32.1. The zero-order valence-electron chi connectivity index (χ0n) is 16.6. The summed E-state index contributed by atoms with van der Waals surface area (Å²) in [5.41, 5.74) is 2.11. The van der Waals surface area contributed by atoms with Crippen molar-refractivity contribution in [3.63, 3.8) is 0 Å². The number of aromatic nitrogens is 3. The van der Waals surface area contributed by atoms with Crippen LogP contribution in [0.3, 0.4) is 0 Å². The largest absolute Gasteiger partial charge is 0.341 e. The van der Waals surface area contributed by atoms with E-state index in [0.717, 1.165) is 52.0 Å². The summed E-state index contributed by atoms with van der Waals surface area (Å²) in [4.78, 5) is 28.8. The lowest BCUT2D eigenvalue weighted by molar-refractivity contribution is -0.131. The molecular weight excluding hydrogens is 403 g/mol. The number of benzene rings is 1. The lowest BCUT2D eigenvalue weighted by atomic mass is 10.2. The molecule has 4 aromatic rings. The second kappa shape index (κ2) is 7.36. The van der Waals surface area contributed by atoms with E-state index >= 15 is 0 Å². The number of likely N-dealkylation sites (tertiary alicyclic amines) is 1. The third-order valence-corrected chi connectivity index (χ3v) is 6.73. The maximum atomic E-state index is 13.4. The van der Waals surface area contributed by atoms with Crippen LogP contribution in [0.25, 0.3) is 21.1 Å². The van der Waals surface area contributed by atoms with Gasteiger partial charge in [0.1, 0.15) is 17.9 Å². The molecule has 1 saturated heterocycles. The van der Waals surface area contributed by atoms with Gasteiger partial charge >= 0.3 is 0 Å². The van der Waals surface area contributed by atoms with Gasteiger partial charge in [-0.1, -0.05) is 12.1 Å². The van der Waals surface area contributed by atoms with E-state index in [1.807, 2.05) is 11.5 Å². The van der Waals surface area contributed by atoms with Crippen molar-refractivity contribution in [3.05, 3.63) is 63.1 Å². The summed E-state index contributed by atoms with van der Waals surface area (Å²) < 4.78 is 17.6. The van der Waals surface area contributed by atoms with E-state index in [4.69, 9.17) is 0 Å². The molecule has 1 aromatic carbocycles. The molecule has 0 spiro atoms. The Morgan fingerprint density at radius 2 is 1.93 bits per heavy atom. The van der Waals surface area contributed by atoms with Gasteiger partial charge in [0, 0.05) is 29.9 Å². The topological polar surface area (TPSA) is 60.1 Å². The Balaban J connectivity index is 1.62. The molecule has 0 radical (unpaired) electrons. The molecule has 4 heterocycles. The van der Waals surface area contributed by atoms with Gasteiger partial charge in [-0.15, -0.1) is 11.3 Å². The molecule has 30 heavy (non-hydrogen) atoms. The van der Waals surface area contributed by atoms with Crippen molar-refractivity contribution < 1.29 is 9.18 Å². The summed E-state index contributed by atoms with van der Waals surface area (Å²) in [7, 11) is 0. The van der Waals surface area contributed by atoms with E-state index in [0.29, 0.717) is 12.1 Å². The van der Waals surface area contributed by atoms with Crippen molar-refractivity contribution in [1.82, 2.24) is 19.2 Å². The SMILES string of the molecule is Cc1cc2c(s1)c1cnn(CC(=O)N3CCCC3)c(=O)c1n2Cc1ccc(F)cc1. The summed E-state index contributed by atoms with van der Waals surface area (Å²) in [6.07, 6.45) is 3.69. The quantitative estimate of drug-likeness (QED) is 0.504. The molecule has 1 aliphatic rings. The predicted octanol–water partition coefficient (Wildman–Crippen LogP) is 3.53. The van der Waals surface area contributed by atoms with Gasteiger partial charge in [-0.2, -0.15) is 5.10 Å². The number of amides is 1. The van der Waals surface area contributed by atoms with Crippen molar-refractivity contribution in [2.45, 2.75) is 32.9 Å². The van der Waals surface area contributed by atoms with E-state index in [9.17, 15) is 14.0 Å². The van der Waals surface area contributed by atoms with Gasteiger partial charge in [-0.25, -0.2) is 9.07 Å². The smallest absolute Gasteiger partial charge is 0.291 e. The Labute approximate surface area is 176 Å². The summed E-state index contributed by atoms with van der Waals surface area (Å²) in [6.45, 7) is 3.90. The Hall–Kier alpha value is -3.00. The van der Waals surface area contributed by atoms with Gasteiger partial charge in [0.25, 0.3) is 5.56 Å². The Bertz CT molecular complexity index is 1310. The lowest BCUT2D eigenvalue weighted by Gasteiger charge is -2.15. The predicted molar refractivity (Wildman–Crippen MR) is 115 cm³/mol. The van der Waals surface area contributed by atoms with Gasteiger partial charge in [0.05, 0.1) is 16.4 Å². The number of hydrogen-bond donors (Lipinski definition) is 0. The van der Waals surface area contributed by atoms with E-state index in [1.54, 1.807) is 34.6 Å². The Morgan fingerprint density at radius 1 is 1.20 bits per heavy atom. The lowest BCUT2D eigenvalue weighted by Crippen LogP contribution is -2.36. The second-order valence-electron chi connectivity index (χ2n) is 7.74. The fourth-order valence-electron chi connectivity index (χ4n) is 4.16. The molecule has 0 atom stereocenters. The van der Waals surface area contributed by atoms with E-state index < -0.39 is 0 Å². The van der Waals surface area contributed by atoms with Crippen molar-refractivity contribution in [2.24, 2.45) is 0 Å². The zero-order valence-corrected chi connectivity index (χ0v) is 17.4. The first-order valence-electron chi connectivity index (χ1n) is 10.0. The molecule has 0 N–H and O–H groups in total. The third-order valence-electron chi connectivity index (χ3n) is 5.66. The molecule has 5 rings (SSSR count). The number of fused-ring (bicyclic) bond motifs is 3. The average molecular weight is 425 g/mol. The molecule has 1 aliphatic heterocycles. The highest BCUT2D eigenvalue weighted by Gasteiger charge is 2.22. The van der Waals surface area contributed by atoms with Crippen LogP contribution in [0, 0.1) is 12.7 Å². The van der Waals surface area contributed by atoms with Crippen LogP contribution in [0.2, 0.25) is 0 Å². The Kier molecular flexibility index (Phi) is 4.66. The fourth-order valence-corrected chi connectivity index (χ4v) is 5.19. The van der Waals surface area contributed by atoms with Crippen molar-refractivity contribution in [3.8, 4) is 0 Å². The maximum Gasteiger partial charge on any atom is 0.291 e. The number of nitrogens with zero attached hydrogens (tertiary/aromatic N) is 4. The zero-order chi connectivity index (χ0) is 20.8. The maximum absolute atomic E-state index is 13.4. The normalized spacial score (nSPS) is 14.3. The highest BCUT2D eigenvalue weighted by Crippen LogP contribution is 2.34. The minimum Gasteiger partial charge on any atom is -0.341 e. The molecule has 154 valence electrons. The minimum atomic E-state index is -0.292. The Morgan fingerprint density at radius 3 is 2.67 bits per heavy atom. The highest BCUT2D eigenvalue weighted by molar-refractivity contribution is 7.20. The first kappa shape index (κ1) is 19.0. The van der Waals surface area contributed by atoms with E-state index in [-0.39, 0.29) is 23.8 Å². The first-order valence-corrected chi connectivity index (χ1v) is 10.8. The van der Waals surface area contributed by atoms with Crippen LogP contribution in [-0.4, -0.2) is 38.2 Å². The van der Waals surface area contributed by atoms with Gasteiger partial charge in [0.2, 0.25) is 5.91 Å².